The number of piperidine rings is 1. The minimum Gasteiger partial charge on any atom is -0.316 e. The molecule has 0 saturated carbocycles. The van der Waals surface area contributed by atoms with Crippen molar-refractivity contribution in [2.75, 3.05) is 13.1 Å². The van der Waals surface area contributed by atoms with Crippen molar-refractivity contribution < 1.29 is 4.79 Å². The summed E-state index contributed by atoms with van der Waals surface area (Å²) < 4.78 is 0. The van der Waals surface area contributed by atoms with Crippen LogP contribution in [0.3, 0.4) is 0 Å². The van der Waals surface area contributed by atoms with Crippen LogP contribution in [0.1, 0.15) is 27.4 Å². The van der Waals surface area contributed by atoms with Crippen molar-refractivity contribution in [3.63, 3.8) is 0 Å². The van der Waals surface area contributed by atoms with E-state index >= 15 is 0 Å². The van der Waals surface area contributed by atoms with Crippen LogP contribution in [0.15, 0.2) is 12.1 Å². The molecule has 0 spiro atoms. The summed E-state index contributed by atoms with van der Waals surface area (Å²) in [5, 5.41) is 3.28. The van der Waals surface area contributed by atoms with E-state index in [1.54, 1.807) is 11.3 Å². The predicted molar refractivity (Wildman–Crippen MR) is 59.0 cm³/mol. The van der Waals surface area contributed by atoms with Gasteiger partial charge >= 0.3 is 0 Å². The second kappa shape index (κ2) is 4.24. The van der Waals surface area contributed by atoms with Crippen LogP contribution in [0.2, 0.25) is 0 Å². The van der Waals surface area contributed by atoms with Crippen molar-refractivity contribution in [1.82, 2.24) is 5.32 Å². The Balaban J connectivity index is 2.07. The summed E-state index contributed by atoms with van der Waals surface area (Å²) in [6.07, 6.45) is 2.17. The molecule has 3 heteroatoms. The lowest BCUT2D eigenvalue weighted by Gasteiger charge is -2.20. The Morgan fingerprint density at radius 3 is 3.00 bits per heavy atom. The van der Waals surface area contributed by atoms with Gasteiger partial charge in [0, 0.05) is 17.3 Å². The van der Waals surface area contributed by atoms with Gasteiger partial charge in [-0.1, -0.05) is 0 Å². The van der Waals surface area contributed by atoms with Gasteiger partial charge in [-0.15, -0.1) is 11.3 Å². The average molecular weight is 209 g/mol. The van der Waals surface area contributed by atoms with Gasteiger partial charge in [-0.3, -0.25) is 4.79 Å². The fraction of sp³-hybridized carbons (Fsp3) is 0.545. The summed E-state index contributed by atoms with van der Waals surface area (Å²) in [6, 6.07) is 3.98. The Morgan fingerprint density at radius 1 is 1.57 bits per heavy atom. The first-order valence-electron chi connectivity index (χ1n) is 5.09. The van der Waals surface area contributed by atoms with Crippen LogP contribution in [0.25, 0.3) is 0 Å². The molecule has 1 N–H and O–H groups in total. The Morgan fingerprint density at radius 2 is 2.43 bits per heavy atom. The molecule has 1 atom stereocenters. The van der Waals surface area contributed by atoms with E-state index in [0.29, 0.717) is 5.78 Å². The van der Waals surface area contributed by atoms with E-state index in [1.165, 1.54) is 4.88 Å². The Bertz CT molecular complexity index is 326. The molecule has 1 aromatic rings. The normalized spacial score (nSPS) is 22.2. The molecule has 2 heterocycles. The van der Waals surface area contributed by atoms with Gasteiger partial charge in [-0.25, -0.2) is 0 Å². The van der Waals surface area contributed by atoms with E-state index in [4.69, 9.17) is 0 Å². The molecule has 2 nitrogen and oxygen atoms in total. The number of aryl methyl sites for hydroxylation is 1. The molecular weight excluding hydrogens is 194 g/mol. The first-order chi connectivity index (χ1) is 6.77. The zero-order valence-electron chi connectivity index (χ0n) is 8.38. The van der Waals surface area contributed by atoms with E-state index in [2.05, 4.69) is 5.32 Å². The third-order valence-electron chi connectivity index (χ3n) is 2.65. The molecule has 1 aliphatic rings. The van der Waals surface area contributed by atoms with Crippen LogP contribution in [-0.2, 0) is 0 Å². The summed E-state index contributed by atoms with van der Waals surface area (Å²) in [5.41, 5.74) is 0. The van der Waals surface area contributed by atoms with Crippen LogP contribution in [-0.4, -0.2) is 18.9 Å². The molecule has 1 fully saturated rings. The first kappa shape index (κ1) is 9.87. The molecule has 1 aliphatic heterocycles. The van der Waals surface area contributed by atoms with Crippen LogP contribution in [0.4, 0.5) is 0 Å². The smallest absolute Gasteiger partial charge is 0.177 e. The van der Waals surface area contributed by atoms with Crippen LogP contribution < -0.4 is 5.32 Å². The molecule has 0 aromatic carbocycles. The first-order valence-corrected chi connectivity index (χ1v) is 5.90. The van der Waals surface area contributed by atoms with Gasteiger partial charge in [0.25, 0.3) is 0 Å². The maximum Gasteiger partial charge on any atom is 0.177 e. The Labute approximate surface area is 88.3 Å². The van der Waals surface area contributed by atoms with Crippen molar-refractivity contribution in [2.24, 2.45) is 5.92 Å². The highest BCUT2D eigenvalue weighted by Crippen LogP contribution is 2.22. The SMILES string of the molecule is Cc1ccc(C(=O)C2CCCNC2)s1. The number of rotatable bonds is 2. The molecule has 76 valence electrons. The number of hydrogen-bond acceptors (Lipinski definition) is 3. The van der Waals surface area contributed by atoms with Gasteiger partial charge in [0.05, 0.1) is 4.88 Å². The third-order valence-corrected chi connectivity index (χ3v) is 3.67. The number of nitrogens with one attached hydrogen (secondary N) is 1. The van der Waals surface area contributed by atoms with Gasteiger partial charge in [0.2, 0.25) is 0 Å². The van der Waals surface area contributed by atoms with Gasteiger partial charge in [0.1, 0.15) is 0 Å². The van der Waals surface area contributed by atoms with Gasteiger partial charge in [-0.05, 0) is 38.4 Å². The molecule has 1 saturated heterocycles. The summed E-state index contributed by atoms with van der Waals surface area (Å²) in [4.78, 5) is 14.1. The fourth-order valence-electron chi connectivity index (χ4n) is 1.84. The minimum atomic E-state index is 0.210. The molecular formula is C11H15NOS. The van der Waals surface area contributed by atoms with Crippen LogP contribution >= 0.6 is 11.3 Å². The molecule has 0 amide bonds. The zero-order chi connectivity index (χ0) is 9.97. The number of carbonyl (C=O) groups is 1. The molecule has 2 rings (SSSR count). The second-order valence-corrected chi connectivity index (χ2v) is 5.11. The highest BCUT2D eigenvalue weighted by atomic mass is 32.1. The number of thiophene rings is 1. The highest BCUT2D eigenvalue weighted by molar-refractivity contribution is 7.14. The monoisotopic (exact) mass is 209 g/mol. The van der Waals surface area contributed by atoms with Crippen molar-refractivity contribution in [3.8, 4) is 0 Å². The quantitative estimate of drug-likeness (QED) is 0.757. The molecule has 0 aliphatic carbocycles. The lowest BCUT2D eigenvalue weighted by atomic mass is 9.94. The molecule has 0 bridgehead atoms. The lowest BCUT2D eigenvalue weighted by Crippen LogP contribution is -2.34. The fourth-order valence-corrected chi connectivity index (χ4v) is 2.73. The maximum atomic E-state index is 12.0. The summed E-state index contributed by atoms with van der Waals surface area (Å²) >= 11 is 1.61. The van der Waals surface area contributed by atoms with E-state index in [-0.39, 0.29) is 5.92 Å². The molecule has 1 unspecified atom stereocenters. The predicted octanol–water partition coefficient (Wildman–Crippen LogP) is 2.24. The Hall–Kier alpha value is -0.670. The molecule has 14 heavy (non-hydrogen) atoms. The van der Waals surface area contributed by atoms with Crippen molar-refractivity contribution in [2.45, 2.75) is 19.8 Å². The number of hydrogen-bond donors (Lipinski definition) is 1. The topological polar surface area (TPSA) is 29.1 Å². The van der Waals surface area contributed by atoms with Crippen molar-refractivity contribution in [3.05, 3.63) is 21.9 Å². The van der Waals surface area contributed by atoms with Gasteiger partial charge in [-0.2, -0.15) is 0 Å². The second-order valence-electron chi connectivity index (χ2n) is 3.82. The molecule has 0 radical (unpaired) electrons. The van der Waals surface area contributed by atoms with E-state index in [1.807, 2.05) is 19.1 Å². The minimum absolute atomic E-state index is 0.210. The van der Waals surface area contributed by atoms with E-state index in [0.717, 1.165) is 30.8 Å². The number of Topliss-reactive ketones (excluding diaryl/α,β-unsaturated/α-hetero) is 1. The van der Waals surface area contributed by atoms with Crippen molar-refractivity contribution in [1.29, 1.82) is 0 Å². The van der Waals surface area contributed by atoms with Crippen LogP contribution in [0.5, 0.6) is 0 Å². The largest absolute Gasteiger partial charge is 0.316 e. The Kier molecular flexibility index (Phi) is 2.99. The maximum absolute atomic E-state index is 12.0. The number of carbonyl (C=O) groups excluding carboxylic acids is 1. The molecule has 1 aromatic heterocycles. The average Bonchev–Trinajstić information content (AvgIpc) is 2.65. The third kappa shape index (κ3) is 2.04. The van der Waals surface area contributed by atoms with Gasteiger partial charge < -0.3 is 5.32 Å². The highest BCUT2D eigenvalue weighted by Gasteiger charge is 2.22. The standard InChI is InChI=1S/C11H15NOS/c1-8-4-5-10(14-8)11(13)9-3-2-6-12-7-9/h4-5,9,12H,2-3,6-7H2,1H3. The number of ketones is 1. The van der Waals surface area contributed by atoms with Crippen molar-refractivity contribution >= 4 is 17.1 Å². The summed E-state index contributed by atoms with van der Waals surface area (Å²) in [5.74, 6) is 0.539. The summed E-state index contributed by atoms with van der Waals surface area (Å²) in [6.45, 7) is 3.96. The van der Waals surface area contributed by atoms with E-state index in [9.17, 15) is 4.79 Å². The van der Waals surface area contributed by atoms with Gasteiger partial charge in [0.15, 0.2) is 5.78 Å². The zero-order valence-corrected chi connectivity index (χ0v) is 9.19. The van der Waals surface area contributed by atoms with E-state index < -0.39 is 0 Å². The summed E-state index contributed by atoms with van der Waals surface area (Å²) in [7, 11) is 0. The van der Waals surface area contributed by atoms with Crippen LogP contribution in [0, 0.1) is 12.8 Å². The lowest BCUT2D eigenvalue weighted by molar-refractivity contribution is 0.0904.